The van der Waals surface area contributed by atoms with E-state index in [2.05, 4.69) is 10.3 Å². The molecule has 0 saturated heterocycles. The Balaban J connectivity index is 1.66. The number of carboxylic acids is 1. The van der Waals surface area contributed by atoms with E-state index >= 15 is 0 Å². The van der Waals surface area contributed by atoms with Crippen molar-refractivity contribution in [3.05, 3.63) is 86.0 Å². The van der Waals surface area contributed by atoms with E-state index in [1.807, 2.05) is 25.3 Å². The number of nitrogens with one attached hydrogen (secondary N) is 1. The summed E-state index contributed by atoms with van der Waals surface area (Å²) in [6.45, 7) is 3.99. The van der Waals surface area contributed by atoms with Crippen molar-refractivity contribution in [3.63, 3.8) is 0 Å². The second-order valence-corrected chi connectivity index (χ2v) is 10.4. The minimum atomic E-state index is -1.02. The molecule has 4 rings (SSSR count). The Labute approximate surface area is 214 Å². The van der Waals surface area contributed by atoms with Gasteiger partial charge in [0.05, 0.1) is 22.9 Å². The molecule has 0 aliphatic carbocycles. The van der Waals surface area contributed by atoms with E-state index in [0.717, 1.165) is 11.1 Å². The number of hydrogen-bond donors (Lipinski definition) is 2. The number of anilines is 1. The zero-order chi connectivity index (χ0) is 25.1. The highest BCUT2D eigenvalue weighted by atomic mass is 35.5. The van der Waals surface area contributed by atoms with Crippen LogP contribution in [0.5, 0.6) is 0 Å². The minimum Gasteiger partial charge on any atom is -0.478 e. The first-order valence-electron chi connectivity index (χ1n) is 10.8. The van der Waals surface area contributed by atoms with Gasteiger partial charge in [0.25, 0.3) is 5.56 Å². The third-order valence-corrected chi connectivity index (χ3v) is 7.92. The van der Waals surface area contributed by atoms with Crippen LogP contribution in [0.1, 0.15) is 34.8 Å². The maximum absolute atomic E-state index is 13.3. The van der Waals surface area contributed by atoms with Crippen LogP contribution in [0.25, 0.3) is 10.2 Å². The molecule has 0 unspecified atom stereocenters. The van der Waals surface area contributed by atoms with Gasteiger partial charge < -0.3 is 10.4 Å². The third kappa shape index (κ3) is 5.58. The number of benzene rings is 2. The van der Waals surface area contributed by atoms with Gasteiger partial charge in [0, 0.05) is 10.7 Å². The molecule has 4 aromatic rings. The lowest BCUT2D eigenvalue weighted by Gasteiger charge is -2.18. The van der Waals surface area contributed by atoms with Crippen LogP contribution in [0.3, 0.4) is 0 Å². The second kappa shape index (κ2) is 10.6. The molecule has 1 amide bonds. The molecular formula is C25H22ClN3O4S2. The number of thiophene rings is 1. The van der Waals surface area contributed by atoms with Crippen LogP contribution in [0.4, 0.5) is 5.69 Å². The summed E-state index contributed by atoms with van der Waals surface area (Å²) in [5.74, 6) is -1.22. The van der Waals surface area contributed by atoms with Crippen molar-refractivity contribution >= 4 is 62.5 Å². The smallest absolute Gasteiger partial charge is 0.335 e. The number of rotatable bonds is 8. The fourth-order valence-electron chi connectivity index (χ4n) is 3.48. The molecule has 0 spiro atoms. The highest BCUT2D eigenvalue weighted by Crippen LogP contribution is 2.28. The van der Waals surface area contributed by atoms with Crippen molar-refractivity contribution in [1.29, 1.82) is 0 Å². The number of carboxylic acid groups (broad SMARTS) is 1. The molecule has 2 heterocycles. The molecule has 0 aliphatic rings. The number of aromatic carboxylic acids is 1. The SMILES string of the molecule is CC[C@H](Sc1nc2ccsc2c(=O)n1Cc1ccc(C(=O)O)cc1)C(=O)Nc1cc(Cl)ccc1C. The Bertz CT molecular complexity index is 1460. The van der Waals surface area contributed by atoms with Crippen molar-refractivity contribution in [3.8, 4) is 0 Å². The lowest BCUT2D eigenvalue weighted by atomic mass is 10.1. The molecule has 1 atom stereocenters. The van der Waals surface area contributed by atoms with Gasteiger partial charge >= 0.3 is 5.97 Å². The first-order chi connectivity index (χ1) is 16.8. The van der Waals surface area contributed by atoms with Crippen molar-refractivity contribution in [1.82, 2.24) is 9.55 Å². The van der Waals surface area contributed by atoms with Crippen LogP contribution in [0, 0.1) is 6.92 Å². The van der Waals surface area contributed by atoms with Gasteiger partial charge in [-0.15, -0.1) is 11.3 Å². The predicted molar refractivity (Wildman–Crippen MR) is 141 cm³/mol. The summed E-state index contributed by atoms with van der Waals surface area (Å²) in [4.78, 5) is 42.3. The summed E-state index contributed by atoms with van der Waals surface area (Å²) in [5.41, 5.74) is 2.84. The summed E-state index contributed by atoms with van der Waals surface area (Å²) in [6.07, 6.45) is 0.515. The van der Waals surface area contributed by atoms with Crippen LogP contribution < -0.4 is 10.9 Å². The molecule has 0 bridgehead atoms. The monoisotopic (exact) mass is 527 g/mol. The van der Waals surface area contributed by atoms with Gasteiger partial charge in [-0.3, -0.25) is 14.2 Å². The lowest BCUT2D eigenvalue weighted by molar-refractivity contribution is -0.115. The van der Waals surface area contributed by atoms with E-state index in [9.17, 15) is 14.4 Å². The highest BCUT2D eigenvalue weighted by Gasteiger charge is 2.23. The number of hydrogen-bond acceptors (Lipinski definition) is 6. The summed E-state index contributed by atoms with van der Waals surface area (Å²) in [6, 6.07) is 13.5. The van der Waals surface area contributed by atoms with E-state index in [4.69, 9.17) is 16.7 Å². The molecule has 0 radical (unpaired) electrons. The van der Waals surface area contributed by atoms with Gasteiger partial charge in [-0.2, -0.15) is 0 Å². The molecule has 2 aromatic heterocycles. The number of fused-ring (bicyclic) bond motifs is 1. The van der Waals surface area contributed by atoms with Crippen LogP contribution in [-0.4, -0.2) is 31.8 Å². The number of nitrogens with zero attached hydrogens (tertiary/aromatic N) is 2. The fraction of sp³-hybridized carbons (Fsp3) is 0.200. The number of thioether (sulfide) groups is 1. The van der Waals surface area contributed by atoms with Gasteiger partial charge in [0.2, 0.25) is 5.91 Å². The highest BCUT2D eigenvalue weighted by molar-refractivity contribution is 8.00. The predicted octanol–water partition coefficient (Wildman–Crippen LogP) is 5.68. The van der Waals surface area contributed by atoms with Gasteiger partial charge in [-0.1, -0.05) is 48.5 Å². The molecule has 180 valence electrons. The molecular weight excluding hydrogens is 506 g/mol. The quantitative estimate of drug-likeness (QED) is 0.226. The van der Waals surface area contributed by atoms with E-state index in [1.54, 1.807) is 34.9 Å². The Hall–Kier alpha value is -3.14. The van der Waals surface area contributed by atoms with Crippen LogP contribution in [0.15, 0.2) is 63.9 Å². The number of aryl methyl sites for hydroxylation is 1. The topological polar surface area (TPSA) is 101 Å². The van der Waals surface area contributed by atoms with Gasteiger partial charge in [-0.25, -0.2) is 9.78 Å². The molecule has 0 saturated carbocycles. The summed E-state index contributed by atoms with van der Waals surface area (Å²) >= 11 is 8.64. The molecule has 0 fully saturated rings. The molecule has 2 aromatic carbocycles. The van der Waals surface area contributed by atoms with E-state index in [1.165, 1.54) is 35.2 Å². The van der Waals surface area contributed by atoms with Gasteiger partial charge in [0.15, 0.2) is 5.16 Å². The van der Waals surface area contributed by atoms with Crippen molar-refractivity contribution in [2.45, 2.75) is 37.2 Å². The number of carbonyl (C=O) groups excluding carboxylic acids is 1. The van der Waals surface area contributed by atoms with Gasteiger partial charge in [-0.05, 0) is 60.2 Å². The Morgan fingerprint density at radius 3 is 2.63 bits per heavy atom. The molecule has 0 aliphatic heterocycles. The maximum atomic E-state index is 13.3. The Kier molecular flexibility index (Phi) is 7.59. The van der Waals surface area contributed by atoms with Crippen LogP contribution in [0.2, 0.25) is 5.02 Å². The minimum absolute atomic E-state index is 0.168. The van der Waals surface area contributed by atoms with E-state index in [0.29, 0.717) is 32.5 Å². The average Bonchev–Trinajstić information content (AvgIpc) is 3.31. The van der Waals surface area contributed by atoms with Crippen molar-refractivity contribution < 1.29 is 14.7 Å². The molecule has 7 nitrogen and oxygen atoms in total. The van der Waals surface area contributed by atoms with E-state index < -0.39 is 11.2 Å². The van der Waals surface area contributed by atoms with Crippen molar-refractivity contribution in [2.24, 2.45) is 0 Å². The van der Waals surface area contributed by atoms with E-state index in [-0.39, 0.29) is 23.6 Å². The summed E-state index contributed by atoms with van der Waals surface area (Å²) in [7, 11) is 0. The summed E-state index contributed by atoms with van der Waals surface area (Å²) in [5, 5.41) is 14.4. The Morgan fingerprint density at radius 1 is 1.20 bits per heavy atom. The molecule has 10 heteroatoms. The lowest BCUT2D eigenvalue weighted by Crippen LogP contribution is -2.28. The standard InChI is InChI=1S/C25H22ClN3O4S2/c1-3-20(22(30)27-19-12-17(26)9-4-14(19)2)35-25-28-18-10-11-34-21(18)23(31)29(25)13-15-5-7-16(8-6-15)24(32)33/h4-12,20H,3,13H2,1-2H3,(H,27,30)(H,32,33)/t20-/m0/s1. The normalized spacial score (nSPS) is 12.0. The summed E-state index contributed by atoms with van der Waals surface area (Å²) < 4.78 is 2.07. The zero-order valence-corrected chi connectivity index (χ0v) is 21.3. The molecule has 2 N–H and O–H groups in total. The van der Waals surface area contributed by atoms with Gasteiger partial charge in [0.1, 0.15) is 4.70 Å². The maximum Gasteiger partial charge on any atom is 0.335 e. The zero-order valence-electron chi connectivity index (χ0n) is 18.9. The number of halogens is 1. The first-order valence-corrected chi connectivity index (χ1v) is 12.9. The Morgan fingerprint density at radius 2 is 1.94 bits per heavy atom. The number of carbonyl (C=O) groups is 2. The van der Waals surface area contributed by atoms with Crippen molar-refractivity contribution in [2.75, 3.05) is 5.32 Å². The van der Waals surface area contributed by atoms with Crippen LogP contribution >= 0.6 is 34.7 Å². The first kappa shape index (κ1) is 25.0. The van der Waals surface area contributed by atoms with Crippen LogP contribution in [-0.2, 0) is 11.3 Å². The third-order valence-electron chi connectivity index (χ3n) is 5.44. The number of amides is 1. The second-order valence-electron chi connectivity index (χ2n) is 7.89. The largest absolute Gasteiger partial charge is 0.478 e. The average molecular weight is 528 g/mol. The number of aromatic nitrogens is 2. The molecule has 35 heavy (non-hydrogen) atoms. The fourth-order valence-corrected chi connectivity index (χ4v) is 5.44.